The number of amides is 2. The fourth-order valence-corrected chi connectivity index (χ4v) is 5.65. The molecule has 0 aliphatic carbocycles. The maximum absolute atomic E-state index is 14.5. The monoisotopic (exact) mass is 645 g/mol. The maximum atomic E-state index is 14.5. The molecule has 2 atom stereocenters. The van der Waals surface area contributed by atoms with E-state index in [1.807, 2.05) is 68.4 Å². The van der Waals surface area contributed by atoms with Crippen LogP contribution in [0.4, 0.5) is 10.1 Å². The van der Waals surface area contributed by atoms with Crippen LogP contribution in [-0.2, 0) is 32.6 Å². The highest BCUT2D eigenvalue weighted by molar-refractivity contribution is 9.10. The molecule has 0 spiro atoms. The fraction of sp³-hybridized carbons (Fsp3) is 0.355. The highest BCUT2D eigenvalue weighted by Crippen LogP contribution is 2.23. The number of halogens is 2. The zero-order chi connectivity index (χ0) is 30.0. The Morgan fingerprint density at radius 3 is 2.20 bits per heavy atom. The zero-order valence-electron chi connectivity index (χ0n) is 23.6. The molecule has 0 unspecified atom stereocenters. The lowest BCUT2D eigenvalue weighted by atomic mass is 10.0. The molecule has 0 saturated carbocycles. The Kier molecular flexibility index (Phi) is 11.9. The summed E-state index contributed by atoms with van der Waals surface area (Å²) >= 11 is 3.43. The first-order valence-corrected chi connectivity index (χ1v) is 16.2. The molecule has 0 fully saturated rings. The molecule has 0 aromatic heterocycles. The number of carbonyl (C=O) groups excluding carboxylic acids is 2. The fourth-order valence-electron chi connectivity index (χ4n) is 4.42. The second-order valence-corrected chi connectivity index (χ2v) is 12.9. The van der Waals surface area contributed by atoms with Gasteiger partial charge in [-0.05, 0) is 55.2 Å². The summed E-state index contributed by atoms with van der Waals surface area (Å²) in [5.74, 6) is -1.21. The molecule has 3 rings (SSSR count). The quantitative estimate of drug-likeness (QED) is 0.244. The van der Waals surface area contributed by atoms with Crippen LogP contribution in [0, 0.1) is 5.82 Å². The van der Waals surface area contributed by atoms with Gasteiger partial charge in [0.25, 0.3) is 0 Å². The Bertz CT molecular complexity index is 1400. The minimum atomic E-state index is -3.80. The van der Waals surface area contributed by atoms with Gasteiger partial charge in [0.15, 0.2) is 0 Å². The first kappa shape index (κ1) is 32.3. The van der Waals surface area contributed by atoms with E-state index >= 15 is 0 Å². The van der Waals surface area contributed by atoms with Crippen molar-refractivity contribution in [1.29, 1.82) is 0 Å². The van der Waals surface area contributed by atoms with Gasteiger partial charge in [-0.25, -0.2) is 12.8 Å². The van der Waals surface area contributed by atoms with Crippen molar-refractivity contribution >= 4 is 43.5 Å². The molecule has 0 aliphatic heterocycles. The van der Waals surface area contributed by atoms with Gasteiger partial charge < -0.3 is 10.2 Å². The summed E-state index contributed by atoms with van der Waals surface area (Å²) < 4.78 is 41.3. The third kappa shape index (κ3) is 9.67. The van der Waals surface area contributed by atoms with Crippen molar-refractivity contribution in [2.45, 2.75) is 58.2 Å². The van der Waals surface area contributed by atoms with E-state index < -0.39 is 21.9 Å². The number of carbonyl (C=O) groups is 2. The molecule has 1 N–H and O–H groups in total. The summed E-state index contributed by atoms with van der Waals surface area (Å²) in [5.41, 5.74) is 1.69. The van der Waals surface area contributed by atoms with Crippen LogP contribution in [0.5, 0.6) is 0 Å². The van der Waals surface area contributed by atoms with Gasteiger partial charge in [0.05, 0.1) is 11.9 Å². The van der Waals surface area contributed by atoms with Crippen LogP contribution in [0.2, 0.25) is 0 Å². The minimum Gasteiger partial charge on any atom is -0.352 e. The third-order valence-electron chi connectivity index (χ3n) is 6.81. The molecule has 220 valence electrons. The van der Waals surface area contributed by atoms with Gasteiger partial charge in [-0.15, -0.1) is 0 Å². The standard InChI is InChI=1S/C31H37BrFN3O4S/c1-4-23(2)34-31(38)29(21-24-11-6-5-7-12-24)35(22-25-16-18-26(32)19-17-25)30(37)15-10-20-36(41(3,39)40)28-14-9-8-13-27(28)33/h5-9,11-14,16-19,23,29H,4,10,15,20-22H2,1-3H3,(H,34,38)/t23-,29+/m0/s1. The minimum absolute atomic E-state index is 0.0289. The number of nitrogens with zero attached hydrogens (tertiary/aromatic N) is 2. The van der Waals surface area contributed by atoms with Crippen molar-refractivity contribution in [3.8, 4) is 0 Å². The van der Waals surface area contributed by atoms with Crippen LogP contribution in [0.25, 0.3) is 0 Å². The Balaban J connectivity index is 1.89. The number of sulfonamides is 1. The number of hydrogen-bond acceptors (Lipinski definition) is 4. The van der Waals surface area contributed by atoms with Crippen LogP contribution in [0.1, 0.15) is 44.2 Å². The van der Waals surface area contributed by atoms with E-state index in [9.17, 15) is 22.4 Å². The van der Waals surface area contributed by atoms with E-state index in [0.29, 0.717) is 6.42 Å². The normalized spacial score (nSPS) is 12.8. The van der Waals surface area contributed by atoms with Crippen molar-refractivity contribution in [2.75, 3.05) is 17.1 Å². The second kappa shape index (κ2) is 15.1. The lowest BCUT2D eigenvalue weighted by molar-refractivity contribution is -0.141. The average molecular weight is 647 g/mol. The molecule has 41 heavy (non-hydrogen) atoms. The third-order valence-corrected chi connectivity index (χ3v) is 8.52. The predicted molar refractivity (Wildman–Crippen MR) is 164 cm³/mol. The highest BCUT2D eigenvalue weighted by atomic mass is 79.9. The van der Waals surface area contributed by atoms with Crippen molar-refractivity contribution in [3.63, 3.8) is 0 Å². The van der Waals surface area contributed by atoms with Crippen molar-refractivity contribution in [3.05, 3.63) is 100 Å². The summed E-state index contributed by atoms with van der Waals surface area (Å²) in [6.07, 6.45) is 2.18. The Labute approximate surface area is 250 Å². The van der Waals surface area contributed by atoms with E-state index in [0.717, 1.165) is 32.6 Å². The summed E-state index contributed by atoms with van der Waals surface area (Å²) in [4.78, 5) is 29.0. The second-order valence-electron chi connectivity index (χ2n) is 10.1. The molecular formula is C31H37BrFN3O4S. The van der Waals surface area contributed by atoms with E-state index in [2.05, 4.69) is 21.2 Å². The number of para-hydroxylation sites is 1. The van der Waals surface area contributed by atoms with Crippen LogP contribution in [-0.4, -0.2) is 50.0 Å². The highest BCUT2D eigenvalue weighted by Gasteiger charge is 2.31. The zero-order valence-corrected chi connectivity index (χ0v) is 26.0. The number of rotatable bonds is 14. The molecule has 3 aromatic carbocycles. The molecule has 3 aromatic rings. The van der Waals surface area contributed by atoms with E-state index in [1.54, 1.807) is 11.0 Å². The van der Waals surface area contributed by atoms with Gasteiger partial charge in [-0.1, -0.05) is 77.5 Å². The van der Waals surface area contributed by atoms with Gasteiger partial charge in [-0.3, -0.25) is 13.9 Å². The van der Waals surface area contributed by atoms with E-state index in [-0.39, 0.29) is 49.5 Å². The van der Waals surface area contributed by atoms with Gasteiger partial charge in [0, 0.05) is 36.4 Å². The average Bonchev–Trinajstić information content (AvgIpc) is 2.94. The number of anilines is 1. The molecule has 10 heteroatoms. The molecule has 0 aliphatic rings. The number of hydrogen-bond donors (Lipinski definition) is 1. The predicted octanol–water partition coefficient (Wildman–Crippen LogP) is 5.69. The SMILES string of the molecule is CC[C@H](C)NC(=O)[C@@H](Cc1ccccc1)N(Cc1ccc(Br)cc1)C(=O)CCCN(c1ccccc1F)S(C)(=O)=O. The number of benzene rings is 3. The van der Waals surface area contributed by atoms with Crippen molar-refractivity contribution in [2.24, 2.45) is 0 Å². The Morgan fingerprint density at radius 1 is 0.951 bits per heavy atom. The van der Waals surface area contributed by atoms with Crippen molar-refractivity contribution in [1.82, 2.24) is 10.2 Å². The van der Waals surface area contributed by atoms with Crippen LogP contribution >= 0.6 is 15.9 Å². The molecule has 7 nitrogen and oxygen atoms in total. The molecule has 0 bridgehead atoms. The van der Waals surface area contributed by atoms with Gasteiger partial charge in [0.1, 0.15) is 11.9 Å². The van der Waals surface area contributed by atoms with Crippen LogP contribution in [0.3, 0.4) is 0 Å². The molecule has 0 saturated heterocycles. The maximum Gasteiger partial charge on any atom is 0.243 e. The summed E-state index contributed by atoms with van der Waals surface area (Å²) in [7, 11) is -3.80. The summed E-state index contributed by atoms with van der Waals surface area (Å²) in [5, 5.41) is 3.03. The topological polar surface area (TPSA) is 86.8 Å². The molecule has 0 radical (unpaired) electrons. The largest absolute Gasteiger partial charge is 0.352 e. The smallest absolute Gasteiger partial charge is 0.243 e. The summed E-state index contributed by atoms with van der Waals surface area (Å²) in [6, 6.07) is 21.8. The van der Waals surface area contributed by atoms with Crippen LogP contribution in [0.15, 0.2) is 83.3 Å². The number of nitrogens with one attached hydrogen (secondary N) is 1. The lowest BCUT2D eigenvalue weighted by Crippen LogP contribution is -2.52. The summed E-state index contributed by atoms with van der Waals surface area (Å²) in [6.45, 7) is 4.01. The molecule has 0 heterocycles. The first-order valence-electron chi connectivity index (χ1n) is 13.6. The Hall–Kier alpha value is -3.24. The van der Waals surface area contributed by atoms with Gasteiger partial charge in [0.2, 0.25) is 21.8 Å². The van der Waals surface area contributed by atoms with Gasteiger partial charge in [-0.2, -0.15) is 0 Å². The van der Waals surface area contributed by atoms with E-state index in [1.165, 1.54) is 18.2 Å². The van der Waals surface area contributed by atoms with E-state index in [4.69, 9.17) is 0 Å². The first-order chi connectivity index (χ1) is 19.5. The molecular weight excluding hydrogens is 609 g/mol. The van der Waals surface area contributed by atoms with Crippen molar-refractivity contribution < 1.29 is 22.4 Å². The van der Waals surface area contributed by atoms with Crippen LogP contribution < -0.4 is 9.62 Å². The van der Waals surface area contributed by atoms with Gasteiger partial charge >= 0.3 is 0 Å². The molecule has 2 amide bonds. The Morgan fingerprint density at radius 2 is 1.59 bits per heavy atom. The lowest BCUT2D eigenvalue weighted by Gasteiger charge is -2.32.